The Morgan fingerprint density at radius 2 is 0.783 bits per heavy atom. The largest absolute Gasteiger partial charge is 0.417 e. The number of benzene rings is 6. The molecular weight excluding hydrogens is 748 g/mol. The molecule has 0 saturated heterocycles. The summed E-state index contributed by atoms with van der Waals surface area (Å²) in [5.41, 5.74) is 7.95. The van der Waals surface area contributed by atoms with E-state index in [1.54, 1.807) is 30.3 Å². The molecule has 0 fully saturated rings. The number of alkyl halides is 3. The number of fused-ring (bicyclic) bond motifs is 6. The summed E-state index contributed by atoms with van der Waals surface area (Å²) in [6.45, 7) is 26.0. The van der Waals surface area contributed by atoms with Crippen molar-refractivity contribution in [2.75, 3.05) is 0 Å². The molecule has 306 valence electrons. The van der Waals surface area contributed by atoms with Crippen LogP contribution in [0.2, 0.25) is 0 Å². The normalized spacial score (nSPS) is 13.2. The molecule has 0 bridgehead atoms. The van der Waals surface area contributed by atoms with Crippen molar-refractivity contribution in [2.24, 2.45) is 0 Å². The molecule has 0 spiro atoms. The molecular formula is C54H54F3N3. The van der Waals surface area contributed by atoms with Gasteiger partial charge in [-0.05, 0) is 104 Å². The van der Waals surface area contributed by atoms with Gasteiger partial charge in [0, 0.05) is 21.5 Å². The van der Waals surface area contributed by atoms with Crippen molar-refractivity contribution in [2.45, 2.75) is 111 Å². The summed E-state index contributed by atoms with van der Waals surface area (Å²) >= 11 is 0. The van der Waals surface area contributed by atoms with Gasteiger partial charge in [-0.15, -0.1) is 0 Å². The molecule has 2 heterocycles. The Morgan fingerprint density at radius 1 is 0.433 bits per heavy atom. The first kappa shape index (κ1) is 41.0. The van der Waals surface area contributed by atoms with Gasteiger partial charge in [0.25, 0.3) is 0 Å². The minimum atomic E-state index is -4.73. The van der Waals surface area contributed by atoms with Gasteiger partial charge in [0.2, 0.25) is 0 Å². The molecule has 0 unspecified atom stereocenters. The van der Waals surface area contributed by atoms with E-state index in [4.69, 9.17) is 0 Å². The van der Waals surface area contributed by atoms with Gasteiger partial charge in [-0.1, -0.05) is 144 Å². The summed E-state index contributed by atoms with van der Waals surface area (Å²) < 4.78 is 51.9. The predicted octanol–water partition coefficient (Wildman–Crippen LogP) is 15.6. The van der Waals surface area contributed by atoms with Crippen LogP contribution in [0.1, 0.15) is 116 Å². The summed E-state index contributed by atoms with van der Waals surface area (Å²) in [5, 5.41) is 13.9. The lowest BCUT2D eigenvalue weighted by atomic mass is 9.86. The number of rotatable bonds is 3. The summed E-state index contributed by atoms with van der Waals surface area (Å²) in [6.07, 6.45) is -4.73. The summed E-state index contributed by atoms with van der Waals surface area (Å²) in [7, 11) is 0. The Kier molecular flexibility index (Phi) is 9.29. The molecule has 6 aromatic carbocycles. The molecule has 0 amide bonds. The highest BCUT2D eigenvalue weighted by Crippen LogP contribution is 2.47. The molecule has 0 atom stereocenters. The second-order valence-electron chi connectivity index (χ2n) is 20.7. The molecule has 60 heavy (non-hydrogen) atoms. The highest BCUT2D eigenvalue weighted by atomic mass is 19.4. The van der Waals surface area contributed by atoms with Crippen molar-refractivity contribution in [3.63, 3.8) is 0 Å². The van der Waals surface area contributed by atoms with E-state index in [1.165, 1.54) is 6.07 Å². The van der Waals surface area contributed by atoms with Gasteiger partial charge in [-0.2, -0.15) is 18.4 Å². The lowest BCUT2D eigenvalue weighted by molar-refractivity contribution is -0.137. The van der Waals surface area contributed by atoms with Gasteiger partial charge in [0.05, 0.1) is 50.6 Å². The van der Waals surface area contributed by atoms with Crippen LogP contribution in [0, 0.1) is 11.3 Å². The number of nitrogens with zero attached hydrogens (tertiary/aromatic N) is 3. The number of nitriles is 1. The van der Waals surface area contributed by atoms with Crippen LogP contribution in [0.15, 0.2) is 109 Å². The van der Waals surface area contributed by atoms with Gasteiger partial charge in [-0.3, -0.25) is 0 Å². The second kappa shape index (κ2) is 13.6. The number of hydrogen-bond acceptors (Lipinski definition) is 1. The average Bonchev–Trinajstić information content (AvgIpc) is 3.67. The molecule has 8 aromatic rings. The molecule has 6 heteroatoms. The van der Waals surface area contributed by atoms with Gasteiger partial charge in [0.1, 0.15) is 0 Å². The maximum absolute atomic E-state index is 15.9. The van der Waals surface area contributed by atoms with E-state index in [0.717, 1.165) is 65.9 Å². The zero-order valence-electron chi connectivity index (χ0n) is 36.9. The van der Waals surface area contributed by atoms with Crippen molar-refractivity contribution >= 4 is 43.6 Å². The minimum absolute atomic E-state index is 0.0128. The van der Waals surface area contributed by atoms with Crippen molar-refractivity contribution in [3.8, 4) is 28.6 Å². The van der Waals surface area contributed by atoms with Crippen molar-refractivity contribution in [1.29, 1.82) is 5.26 Å². The van der Waals surface area contributed by atoms with Crippen LogP contribution in [0.3, 0.4) is 0 Å². The third-order valence-corrected chi connectivity index (χ3v) is 12.2. The van der Waals surface area contributed by atoms with Crippen LogP contribution >= 0.6 is 0 Å². The molecule has 0 N–H and O–H groups in total. The van der Waals surface area contributed by atoms with Crippen molar-refractivity contribution < 1.29 is 13.2 Å². The van der Waals surface area contributed by atoms with Gasteiger partial charge in [0.15, 0.2) is 0 Å². The molecule has 0 radical (unpaired) electrons. The molecule has 0 aliphatic rings. The second-order valence-corrected chi connectivity index (χ2v) is 20.7. The van der Waals surface area contributed by atoms with Gasteiger partial charge < -0.3 is 9.13 Å². The van der Waals surface area contributed by atoms with Crippen LogP contribution < -0.4 is 0 Å². The van der Waals surface area contributed by atoms with E-state index >= 15 is 13.2 Å². The van der Waals surface area contributed by atoms with Crippen molar-refractivity contribution in [1.82, 2.24) is 9.13 Å². The lowest BCUT2D eigenvalue weighted by Gasteiger charge is -2.24. The first-order valence-corrected chi connectivity index (χ1v) is 20.8. The smallest absolute Gasteiger partial charge is 0.307 e. The third kappa shape index (κ3) is 6.96. The van der Waals surface area contributed by atoms with Crippen molar-refractivity contribution in [3.05, 3.63) is 143 Å². The predicted molar refractivity (Wildman–Crippen MR) is 245 cm³/mol. The highest BCUT2D eigenvalue weighted by molar-refractivity contribution is 6.12. The first-order valence-electron chi connectivity index (χ1n) is 20.8. The Balaban J connectivity index is 1.66. The van der Waals surface area contributed by atoms with E-state index in [-0.39, 0.29) is 27.2 Å². The Bertz CT molecular complexity index is 2920. The van der Waals surface area contributed by atoms with Crippen LogP contribution in [0.4, 0.5) is 13.2 Å². The number of halogens is 3. The van der Waals surface area contributed by atoms with E-state index in [1.807, 2.05) is 0 Å². The fourth-order valence-electron chi connectivity index (χ4n) is 8.59. The fourth-order valence-corrected chi connectivity index (χ4v) is 8.59. The zero-order chi connectivity index (χ0) is 43.5. The number of aromatic nitrogens is 2. The molecule has 3 nitrogen and oxygen atoms in total. The highest BCUT2D eigenvalue weighted by Gasteiger charge is 2.36. The van der Waals surface area contributed by atoms with Crippen LogP contribution in [0.5, 0.6) is 0 Å². The van der Waals surface area contributed by atoms with E-state index in [2.05, 4.69) is 171 Å². The lowest BCUT2D eigenvalue weighted by Crippen LogP contribution is -2.14. The molecule has 0 aliphatic heterocycles. The van der Waals surface area contributed by atoms with E-state index in [9.17, 15) is 5.26 Å². The summed E-state index contributed by atoms with van der Waals surface area (Å²) in [6, 6.07) is 37.7. The zero-order valence-corrected chi connectivity index (χ0v) is 36.9. The molecule has 2 aromatic heterocycles. The van der Waals surface area contributed by atoms with Crippen LogP contribution in [-0.4, -0.2) is 9.13 Å². The summed E-state index contributed by atoms with van der Waals surface area (Å²) in [4.78, 5) is 0. The van der Waals surface area contributed by atoms with Crippen LogP contribution in [0.25, 0.3) is 66.1 Å². The average molecular weight is 802 g/mol. The van der Waals surface area contributed by atoms with Gasteiger partial charge >= 0.3 is 6.18 Å². The number of hydrogen-bond donors (Lipinski definition) is 0. The Labute approximate surface area is 352 Å². The van der Waals surface area contributed by atoms with Crippen LogP contribution in [-0.2, 0) is 27.8 Å². The van der Waals surface area contributed by atoms with E-state index in [0.29, 0.717) is 22.5 Å². The minimum Gasteiger partial charge on any atom is -0.307 e. The fraction of sp³-hybridized carbons (Fsp3) is 0.315. The standard InChI is InChI=1S/C54H54F3N3/c1-50(2,3)34-16-20-38-39-21-17-35(51(4,5)6)26-45(39)59(44(38)25-34)48-29-42(33-15-13-14-32(24-33)31-58)43(54(55,56)57)30-49(48)60-46-27-36(52(7,8)9)18-22-40(46)41-23-19-37(28-47(41)60)53(10,11)12/h13-30H,1-12H3. The Morgan fingerprint density at radius 3 is 1.10 bits per heavy atom. The third-order valence-electron chi connectivity index (χ3n) is 12.2. The monoisotopic (exact) mass is 801 g/mol. The topological polar surface area (TPSA) is 33.6 Å². The molecule has 8 rings (SSSR count). The quantitative estimate of drug-likeness (QED) is 0.175. The SMILES string of the molecule is CC(C)(C)c1ccc2c3ccc(C(C)(C)C)cc3n(-c3cc(-c4cccc(C#N)c4)c(C(F)(F)F)cc3-n3c4cc(C(C)(C)C)ccc4c4ccc(C(C)(C)C)cc43)c2c1. The maximum atomic E-state index is 15.9. The first-order chi connectivity index (χ1) is 27.9. The van der Waals surface area contributed by atoms with Gasteiger partial charge in [-0.25, -0.2) is 0 Å². The molecule has 0 aliphatic carbocycles. The maximum Gasteiger partial charge on any atom is 0.417 e. The molecule has 0 saturated carbocycles. The Hall–Kier alpha value is -5.80. The van der Waals surface area contributed by atoms with E-state index < -0.39 is 11.7 Å². The summed E-state index contributed by atoms with van der Waals surface area (Å²) in [5.74, 6) is 0.